The Balaban J connectivity index is 2.54. The summed E-state index contributed by atoms with van der Waals surface area (Å²) >= 11 is 1.13. The number of benzene rings is 1. The van der Waals surface area contributed by atoms with E-state index >= 15 is 0 Å². The minimum Gasteiger partial charge on any atom is -0.191 e. The fraction of sp³-hybridized carbons (Fsp3) is 0.200. The molecule has 1 radical (unpaired) electrons. The molecule has 6 heteroatoms. The molecular weight excluding hydrogens is 247 g/mol. The van der Waals surface area contributed by atoms with Gasteiger partial charge in [0.2, 0.25) is 0 Å². The fourth-order valence-electron chi connectivity index (χ4n) is 1.27. The van der Waals surface area contributed by atoms with Crippen LogP contribution in [0, 0.1) is 5.38 Å². The van der Waals surface area contributed by atoms with E-state index in [4.69, 9.17) is 0 Å². The van der Waals surface area contributed by atoms with Gasteiger partial charge in [0.15, 0.2) is 0 Å². The highest BCUT2D eigenvalue weighted by Crippen LogP contribution is 2.44. The lowest BCUT2D eigenvalue weighted by Gasteiger charge is -2.19. The Bertz CT molecular complexity index is 511. The monoisotopic (exact) mass is 251 g/mol. The molecule has 2 aromatic rings. The summed E-state index contributed by atoms with van der Waals surface area (Å²) in [6.07, 6.45) is -5.57. The number of halogens is 5. The van der Waals surface area contributed by atoms with Crippen LogP contribution in [0.15, 0.2) is 23.6 Å². The first-order chi connectivity index (χ1) is 7.32. The van der Waals surface area contributed by atoms with E-state index in [0.717, 1.165) is 23.5 Å². The molecule has 0 spiro atoms. The van der Waals surface area contributed by atoms with Gasteiger partial charge in [-0.05, 0) is 16.8 Å². The Morgan fingerprint density at radius 3 is 2.38 bits per heavy atom. The van der Waals surface area contributed by atoms with Crippen LogP contribution in [0.5, 0.6) is 0 Å². The average Bonchev–Trinajstić information content (AvgIpc) is 2.61. The van der Waals surface area contributed by atoms with Crippen LogP contribution < -0.4 is 0 Å². The van der Waals surface area contributed by atoms with E-state index in [0.29, 0.717) is 10.8 Å². The molecule has 0 N–H and O–H groups in total. The molecule has 0 amide bonds. The summed E-state index contributed by atoms with van der Waals surface area (Å²) in [6.45, 7) is 0. The zero-order valence-corrected chi connectivity index (χ0v) is 8.42. The molecule has 0 aliphatic heterocycles. The lowest BCUT2D eigenvalue weighted by Crippen LogP contribution is -2.33. The van der Waals surface area contributed by atoms with Crippen molar-refractivity contribution in [1.29, 1.82) is 0 Å². The smallest absolute Gasteiger partial charge is 0.191 e. The predicted octanol–water partition coefficient (Wildman–Crippen LogP) is 4.36. The Hall–Kier alpha value is -1.17. The number of hydrogen-bond donors (Lipinski definition) is 0. The second-order valence-electron chi connectivity index (χ2n) is 3.21. The summed E-state index contributed by atoms with van der Waals surface area (Å²) in [7, 11) is 0. The van der Waals surface area contributed by atoms with Gasteiger partial charge in [0.05, 0.1) is 5.38 Å². The molecule has 1 heterocycles. The van der Waals surface area contributed by atoms with Crippen LogP contribution in [0.1, 0.15) is 5.56 Å². The Kier molecular flexibility index (Phi) is 2.41. The Labute approximate surface area is 91.3 Å². The molecule has 85 valence electrons. The van der Waals surface area contributed by atoms with Gasteiger partial charge in [-0.1, -0.05) is 12.1 Å². The minimum absolute atomic E-state index is 0.339. The molecule has 2 rings (SSSR count). The highest BCUT2D eigenvalue weighted by molar-refractivity contribution is 7.08. The molecule has 0 fully saturated rings. The summed E-state index contributed by atoms with van der Waals surface area (Å²) in [6, 6.07) is 2.83. The van der Waals surface area contributed by atoms with Crippen LogP contribution in [-0.4, -0.2) is 6.18 Å². The quantitative estimate of drug-likeness (QED) is 0.661. The molecule has 0 nitrogen and oxygen atoms in total. The van der Waals surface area contributed by atoms with E-state index in [1.54, 1.807) is 0 Å². The maximum absolute atomic E-state index is 13.0. The van der Waals surface area contributed by atoms with E-state index in [1.165, 1.54) is 11.4 Å². The van der Waals surface area contributed by atoms with Crippen LogP contribution in [0.2, 0.25) is 0 Å². The minimum atomic E-state index is -5.57. The van der Waals surface area contributed by atoms with Crippen LogP contribution >= 0.6 is 11.3 Å². The molecule has 1 aromatic heterocycles. The predicted molar refractivity (Wildman–Crippen MR) is 50.6 cm³/mol. The van der Waals surface area contributed by atoms with Gasteiger partial charge in [-0.2, -0.15) is 22.0 Å². The summed E-state index contributed by atoms with van der Waals surface area (Å²) in [4.78, 5) is 0. The first kappa shape index (κ1) is 11.3. The fourth-order valence-corrected chi connectivity index (χ4v) is 1.96. The van der Waals surface area contributed by atoms with Gasteiger partial charge >= 0.3 is 12.1 Å². The van der Waals surface area contributed by atoms with Crippen LogP contribution in [0.4, 0.5) is 22.0 Å². The zero-order valence-electron chi connectivity index (χ0n) is 7.61. The van der Waals surface area contributed by atoms with Crippen molar-refractivity contribution in [1.82, 2.24) is 0 Å². The highest BCUT2D eigenvalue weighted by Gasteiger charge is 2.58. The molecule has 1 aromatic carbocycles. The summed E-state index contributed by atoms with van der Waals surface area (Å²) in [5.74, 6) is -4.82. The molecule has 0 atom stereocenters. The third-order valence-electron chi connectivity index (χ3n) is 2.12. The molecule has 0 unspecified atom stereocenters. The molecule has 0 saturated carbocycles. The van der Waals surface area contributed by atoms with E-state index in [2.05, 4.69) is 5.38 Å². The first-order valence-corrected chi connectivity index (χ1v) is 5.04. The average molecular weight is 251 g/mol. The third kappa shape index (κ3) is 1.67. The third-order valence-corrected chi connectivity index (χ3v) is 2.83. The topological polar surface area (TPSA) is 0 Å². The standard InChI is InChI=1S/C10H4F5S/c11-9(12,10(13,14)15)8-2-1-6-4-16-5-7(6)3-8/h1-3,5H. The number of rotatable bonds is 1. The summed E-state index contributed by atoms with van der Waals surface area (Å²) in [5.41, 5.74) is -1.04. The largest absolute Gasteiger partial charge is 0.458 e. The van der Waals surface area contributed by atoms with Gasteiger partial charge in [0.1, 0.15) is 0 Å². The summed E-state index contributed by atoms with van der Waals surface area (Å²) in [5, 5.41) is 5.10. The maximum atomic E-state index is 13.0. The van der Waals surface area contributed by atoms with Crippen molar-refractivity contribution in [3.63, 3.8) is 0 Å². The van der Waals surface area contributed by atoms with Crippen molar-refractivity contribution in [2.75, 3.05) is 0 Å². The zero-order chi connectivity index (χ0) is 12.0. The molecule has 16 heavy (non-hydrogen) atoms. The van der Waals surface area contributed by atoms with Crippen molar-refractivity contribution in [3.8, 4) is 0 Å². The van der Waals surface area contributed by atoms with E-state index in [9.17, 15) is 22.0 Å². The van der Waals surface area contributed by atoms with Gasteiger partial charge in [-0.25, -0.2) is 0 Å². The molecule has 0 bridgehead atoms. The lowest BCUT2D eigenvalue weighted by molar-refractivity contribution is -0.289. The van der Waals surface area contributed by atoms with E-state index < -0.39 is 17.7 Å². The van der Waals surface area contributed by atoms with Crippen LogP contribution in [0.25, 0.3) is 10.8 Å². The molecule has 0 aliphatic rings. The van der Waals surface area contributed by atoms with Crippen molar-refractivity contribution < 1.29 is 22.0 Å². The lowest BCUT2D eigenvalue weighted by atomic mass is 10.1. The second-order valence-corrected chi connectivity index (χ2v) is 3.89. The number of fused-ring (bicyclic) bond motifs is 1. The Morgan fingerprint density at radius 2 is 1.75 bits per heavy atom. The normalized spacial score (nSPS) is 13.3. The number of hydrogen-bond acceptors (Lipinski definition) is 1. The number of thiophene rings is 1. The SMILES string of the molecule is FC(F)(F)C(F)(F)c1ccc2[c]scc2c1. The maximum Gasteiger partial charge on any atom is 0.458 e. The number of alkyl halides is 5. The van der Waals surface area contributed by atoms with Gasteiger partial charge < -0.3 is 0 Å². The summed E-state index contributed by atoms with van der Waals surface area (Å²) < 4.78 is 62.2. The molecule has 0 aliphatic carbocycles. The van der Waals surface area contributed by atoms with Gasteiger partial charge in [-0.15, -0.1) is 11.3 Å². The van der Waals surface area contributed by atoms with Crippen molar-refractivity contribution >= 4 is 22.1 Å². The molecular formula is C10H4F5S. The van der Waals surface area contributed by atoms with Gasteiger partial charge in [-0.3, -0.25) is 0 Å². The molecule has 0 saturated heterocycles. The Morgan fingerprint density at radius 1 is 1.06 bits per heavy atom. The van der Waals surface area contributed by atoms with Gasteiger partial charge in [0.25, 0.3) is 0 Å². The van der Waals surface area contributed by atoms with E-state index in [1.807, 2.05) is 0 Å². The van der Waals surface area contributed by atoms with Crippen LogP contribution in [-0.2, 0) is 5.92 Å². The highest BCUT2D eigenvalue weighted by atomic mass is 32.1. The second kappa shape index (κ2) is 3.41. The van der Waals surface area contributed by atoms with Crippen LogP contribution in [0.3, 0.4) is 0 Å². The van der Waals surface area contributed by atoms with E-state index in [-0.39, 0.29) is 0 Å². The van der Waals surface area contributed by atoms with Gasteiger partial charge in [0, 0.05) is 10.9 Å². The van der Waals surface area contributed by atoms with Crippen molar-refractivity contribution in [2.24, 2.45) is 0 Å². The van der Waals surface area contributed by atoms with Crippen molar-refractivity contribution in [3.05, 3.63) is 34.5 Å². The van der Waals surface area contributed by atoms with Crippen molar-refractivity contribution in [2.45, 2.75) is 12.1 Å². The first-order valence-electron chi connectivity index (χ1n) is 4.16.